The van der Waals surface area contributed by atoms with Crippen molar-refractivity contribution in [1.82, 2.24) is 0 Å². The van der Waals surface area contributed by atoms with E-state index in [-0.39, 0.29) is 23.9 Å². The topological polar surface area (TPSA) is 70.3 Å². The van der Waals surface area contributed by atoms with Crippen molar-refractivity contribution in [1.29, 1.82) is 5.26 Å². The van der Waals surface area contributed by atoms with Gasteiger partial charge in [-0.25, -0.2) is 0 Å². The van der Waals surface area contributed by atoms with E-state index in [9.17, 15) is 9.90 Å². The van der Waals surface area contributed by atoms with Crippen LogP contribution in [0.4, 0.5) is 0 Å². The number of carbonyl (C=O) groups is 1. The van der Waals surface area contributed by atoms with Crippen LogP contribution in [-0.2, 0) is 9.53 Å². The molecule has 20 heavy (non-hydrogen) atoms. The molecule has 0 aliphatic heterocycles. The average molecular weight is 279 g/mol. The molecule has 1 N–H and O–H groups in total. The second kappa shape index (κ2) is 7.08. The van der Waals surface area contributed by atoms with E-state index in [4.69, 9.17) is 10.00 Å². The molecule has 3 atom stereocenters. The highest BCUT2D eigenvalue weighted by Gasteiger charge is 2.31. The summed E-state index contributed by atoms with van der Waals surface area (Å²) in [6, 6.07) is 2.15. The molecule has 112 valence electrons. The molecule has 3 unspecified atom stereocenters. The first-order chi connectivity index (χ1) is 9.60. The smallest absolute Gasteiger partial charge is 0.309 e. The number of aliphatic hydroxyl groups excluding tert-OH is 1. The largest absolute Gasteiger partial charge is 0.462 e. The number of nitriles is 1. The lowest BCUT2D eigenvalue weighted by molar-refractivity contribution is -0.157. The van der Waals surface area contributed by atoms with Crippen LogP contribution in [-0.4, -0.2) is 23.3 Å². The first-order valence-electron chi connectivity index (χ1n) is 7.88. The van der Waals surface area contributed by atoms with Gasteiger partial charge in [0.1, 0.15) is 6.10 Å². The zero-order valence-corrected chi connectivity index (χ0v) is 12.3. The Hall–Kier alpha value is -1.08. The predicted octanol–water partition coefficient (Wildman–Crippen LogP) is 2.80. The van der Waals surface area contributed by atoms with Gasteiger partial charge in [-0.3, -0.25) is 4.79 Å². The van der Waals surface area contributed by atoms with Crippen molar-refractivity contribution >= 4 is 5.97 Å². The van der Waals surface area contributed by atoms with Crippen LogP contribution in [0.25, 0.3) is 0 Å². The van der Waals surface area contributed by atoms with Gasteiger partial charge in [0.15, 0.2) is 0 Å². The van der Waals surface area contributed by atoms with Gasteiger partial charge < -0.3 is 9.84 Å². The van der Waals surface area contributed by atoms with Gasteiger partial charge in [0.05, 0.1) is 24.0 Å². The summed E-state index contributed by atoms with van der Waals surface area (Å²) < 4.78 is 5.60. The highest BCUT2D eigenvalue weighted by atomic mass is 16.5. The minimum atomic E-state index is -0.660. The van der Waals surface area contributed by atoms with Crippen LogP contribution < -0.4 is 0 Å². The van der Waals surface area contributed by atoms with Crippen molar-refractivity contribution in [2.75, 3.05) is 0 Å². The highest BCUT2D eigenvalue weighted by Crippen LogP contribution is 2.31. The number of aliphatic hydroxyl groups is 1. The number of esters is 1. The van der Waals surface area contributed by atoms with Crippen molar-refractivity contribution in [3.05, 3.63) is 0 Å². The first-order valence-corrected chi connectivity index (χ1v) is 7.88. The molecule has 0 aromatic carbocycles. The average Bonchev–Trinajstić information content (AvgIpc) is 2.60. The Morgan fingerprint density at radius 2 is 1.90 bits per heavy atom. The molecule has 0 saturated heterocycles. The highest BCUT2D eigenvalue weighted by molar-refractivity contribution is 5.72. The van der Waals surface area contributed by atoms with Gasteiger partial charge in [0, 0.05) is 6.42 Å². The zero-order valence-electron chi connectivity index (χ0n) is 12.3. The van der Waals surface area contributed by atoms with Gasteiger partial charge in [-0.2, -0.15) is 5.26 Å². The van der Waals surface area contributed by atoms with Crippen LogP contribution in [0, 0.1) is 29.1 Å². The molecule has 0 aromatic rings. The van der Waals surface area contributed by atoms with E-state index >= 15 is 0 Å². The molecule has 4 nitrogen and oxygen atoms in total. The monoisotopic (exact) mass is 279 g/mol. The number of nitrogens with zero attached hydrogens (tertiary/aromatic N) is 1. The molecule has 2 aliphatic rings. The summed E-state index contributed by atoms with van der Waals surface area (Å²) in [6.45, 7) is 2.23. The van der Waals surface area contributed by atoms with Crippen LogP contribution in [0.1, 0.15) is 58.3 Å². The second-order valence-corrected chi connectivity index (χ2v) is 6.49. The molecule has 0 heterocycles. The fraction of sp³-hybridized carbons (Fsp3) is 0.875. The Bertz CT molecular complexity index is 368. The lowest BCUT2D eigenvalue weighted by Gasteiger charge is -2.27. The van der Waals surface area contributed by atoms with Crippen molar-refractivity contribution in [3.8, 4) is 6.07 Å². The Labute approximate surface area is 121 Å². The van der Waals surface area contributed by atoms with E-state index in [0.29, 0.717) is 12.8 Å². The van der Waals surface area contributed by atoms with Crippen molar-refractivity contribution in [3.63, 3.8) is 0 Å². The number of hydrogen-bond acceptors (Lipinski definition) is 4. The SMILES string of the molecule is CC1CCC(C(=O)OC2CCCC(C#N)C(O)C2)CC1. The van der Waals surface area contributed by atoms with Crippen molar-refractivity contribution < 1.29 is 14.6 Å². The molecule has 0 radical (unpaired) electrons. The molecule has 2 aliphatic carbocycles. The first kappa shape index (κ1) is 15.3. The predicted molar refractivity (Wildman–Crippen MR) is 74.6 cm³/mol. The summed E-state index contributed by atoms with van der Waals surface area (Å²) in [4.78, 5) is 12.2. The third-order valence-corrected chi connectivity index (χ3v) is 4.81. The van der Waals surface area contributed by atoms with Gasteiger partial charge in [-0.05, 0) is 50.9 Å². The zero-order chi connectivity index (χ0) is 14.5. The maximum atomic E-state index is 12.2. The fourth-order valence-corrected chi connectivity index (χ4v) is 3.32. The molecule has 0 spiro atoms. The van der Waals surface area contributed by atoms with Crippen molar-refractivity contribution in [2.24, 2.45) is 17.8 Å². The van der Waals surface area contributed by atoms with Crippen LogP contribution in [0.5, 0.6) is 0 Å². The van der Waals surface area contributed by atoms with Gasteiger partial charge in [0.25, 0.3) is 0 Å². The molecule has 2 fully saturated rings. The van der Waals surface area contributed by atoms with Gasteiger partial charge >= 0.3 is 5.97 Å². The molecule has 2 saturated carbocycles. The second-order valence-electron chi connectivity index (χ2n) is 6.49. The van der Waals surface area contributed by atoms with E-state index in [1.165, 1.54) is 0 Å². The standard InChI is InChI=1S/C16H25NO3/c1-11-5-7-12(8-6-11)16(19)20-14-4-2-3-13(10-17)15(18)9-14/h11-15,18H,2-9H2,1H3. The fourth-order valence-electron chi connectivity index (χ4n) is 3.32. The van der Waals surface area contributed by atoms with E-state index in [1.807, 2.05) is 0 Å². The molecule has 0 amide bonds. The summed E-state index contributed by atoms with van der Waals surface area (Å²) in [7, 11) is 0. The Balaban J connectivity index is 1.83. The van der Waals surface area contributed by atoms with Crippen LogP contribution in [0.3, 0.4) is 0 Å². The van der Waals surface area contributed by atoms with Crippen LogP contribution in [0.15, 0.2) is 0 Å². The van der Waals surface area contributed by atoms with E-state index in [0.717, 1.165) is 44.4 Å². The van der Waals surface area contributed by atoms with Crippen molar-refractivity contribution in [2.45, 2.75) is 70.5 Å². The molecule has 4 heteroatoms. The summed E-state index contributed by atoms with van der Waals surface area (Å²) in [5.74, 6) is 0.354. The Morgan fingerprint density at radius 3 is 2.55 bits per heavy atom. The Kier molecular flexibility index (Phi) is 5.42. The molecular weight excluding hydrogens is 254 g/mol. The van der Waals surface area contributed by atoms with Gasteiger partial charge in [-0.15, -0.1) is 0 Å². The lowest BCUT2D eigenvalue weighted by atomic mass is 9.83. The normalized spacial score (nSPS) is 38.5. The van der Waals surface area contributed by atoms with Gasteiger partial charge in [-0.1, -0.05) is 6.92 Å². The number of rotatable bonds is 2. The summed E-state index contributed by atoms with van der Waals surface area (Å²) in [5.41, 5.74) is 0. The molecule has 0 bridgehead atoms. The third kappa shape index (κ3) is 3.96. The molecule has 2 rings (SSSR count). The Morgan fingerprint density at radius 1 is 1.20 bits per heavy atom. The maximum absolute atomic E-state index is 12.2. The lowest BCUT2D eigenvalue weighted by Crippen LogP contribution is -2.29. The van der Waals surface area contributed by atoms with E-state index in [1.54, 1.807) is 0 Å². The van der Waals surface area contributed by atoms with Crippen LogP contribution >= 0.6 is 0 Å². The summed E-state index contributed by atoms with van der Waals surface area (Å²) in [6.07, 6.45) is 5.90. The van der Waals surface area contributed by atoms with E-state index < -0.39 is 6.10 Å². The van der Waals surface area contributed by atoms with Gasteiger partial charge in [0.2, 0.25) is 0 Å². The quantitative estimate of drug-likeness (QED) is 0.623. The molecule has 0 aromatic heterocycles. The third-order valence-electron chi connectivity index (χ3n) is 4.81. The number of ether oxygens (including phenoxy) is 1. The minimum absolute atomic E-state index is 0.0401. The maximum Gasteiger partial charge on any atom is 0.309 e. The summed E-state index contributed by atoms with van der Waals surface area (Å²) >= 11 is 0. The number of carbonyl (C=O) groups excluding carboxylic acids is 1. The van der Waals surface area contributed by atoms with E-state index in [2.05, 4.69) is 13.0 Å². The number of hydrogen-bond donors (Lipinski definition) is 1. The summed E-state index contributed by atoms with van der Waals surface area (Å²) in [5, 5.41) is 18.9. The van der Waals surface area contributed by atoms with Crippen LogP contribution in [0.2, 0.25) is 0 Å². The molecular formula is C16H25NO3. The minimum Gasteiger partial charge on any atom is -0.462 e.